The van der Waals surface area contributed by atoms with Gasteiger partial charge in [-0.3, -0.25) is 9.59 Å². The summed E-state index contributed by atoms with van der Waals surface area (Å²) in [6, 6.07) is 11.0. The molecule has 0 fully saturated rings. The van der Waals surface area contributed by atoms with E-state index in [4.69, 9.17) is 9.47 Å². The predicted molar refractivity (Wildman–Crippen MR) is 122 cm³/mol. The van der Waals surface area contributed by atoms with Gasteiger partial charge in [0.25, 0.3) is 0 Å². The smallest absolute Gasteiger partial charge is 0.249 e. The summed E-state index contributed by atoms with van der Waals surface area (Å²) in [5, 5.41) is 6.65. The zero-order valence-corrected chi connectivity index (χ0v) is 18.8. The van der Waals surface area contributed by atoms with Crippen molar-refractivity contribution in [1.29, 1.82) is 0 Å². The molecule has 29 heavy (non-hydrogen) atoms. The van der Waals surface area contributed by atoms with Crippen LogP contribution in [0.5, 0.6) is 11.5 Å². The van der Waals surface area contributed by atoms with Crippen LogP contribution in [0.2, 0.25) is 0 Å². The number of carbonyl (C=O) groups is 2. The van der Waals surface area contributed by atoms with Crippen LogP contribution in [0, 0.1) is 10.5 Å². The van der Waals surface area contributed by atoms with Gasteiger partial charge < -0.3 is 14.8 Å². The Morgan fingerprint density at radius 2 is 1.83 bits per heavy atom. The summed E-state index contributed by atoms with van der Waals surface area (Å²) in [5.41, 5.74) is 4.72. The molecule has 2 amide bonds. The van der Waals surface area contributed by atoms with Gasteiger partial charge in [0.05, 0.1) is 23.0 Å². The number of rotatable bonds is 9. The molecule has 0 saturated heterocycles. The molecule has 0 atom stereocenters. The summed E-state index contributed by atoms with van der Waals surface area (Å²) < 4.78 is 12.1. The van der Waals surface area contributed by atoms with Crippen molar-refractivity contribution in [2.45, 2.75) is 27.2 Å². The molecule has 2 N–H and O–H groups in total. The summed E-state index contributed by atoms with van der Waals surface area (Å²) in [5.74, 6) is 0.398. The van der Waals surface area contributed by atoms with Crippen LogP contribution in [0.15, 0.2) is 41.5 Å². The van der Waals surface area contributed by atoms with Crippen LogP contribution in [0.4, 0.5) is 5.69 Å². The van der Waals surface area contributed by atoms with Crippen LogP contribution in [0.1, 0.15) is 31.4 Å². The molecule has 0 bridgehead atoms. The van der Waals surface area contributed by atoms with Crippen molar-refractivity contribution in [2.24, 2.45) is 5.10 Å². The molecule has 7 nitrogen and oxygen atoms in total. The summed E-state index contributed by atoms with van der Waals surface area (Å²) in [6.07, 6.45) is 1.17. The molecule has 0 spiro atoms. The molecular weight excluding hydrogens is 485 g/mol. The van der Waals surface area contributed by atoms with Crippen molar-refractivity contribution in [3.63, 3.8) is 0 Å². The Hall–Kier alpha value is -2.62. The molecule has 0 aromatic heterocycles. The summed E-state index contributed by atoms with van der Waals surface area (Å²) in [4.78, 5) is 24.0. The zero-order chi connectivity index (χ0) is 21.2. The van der Waals surface area contributed by atoms with E-state index in [-0.39, 0.29) is 6.42 Å². The second-order valence-electron chi connectivity index (χ2n) is 6.03. The van der Waals surface area contributed by atoms with E-state index >= 15 is 0 Å². The normalized spacial score (nSPS) is 10.6. The first-order chi connectivity index (χ1) is 13.9. The monoisotopic (exact) mass is 509 g/mol. The highest BCUT2D eigenvalue weighted by Crippen LogP contribution is 2.33. The lowest BCUT2D eigenvalue weighted by molar-refractivity contribution is -0.126. The number of hydrazone groups is 1. The highest BCUT2D eigenvalue weighted by molar-refractivity contribution is 14.1. The van der Waals surface area contributed by atoms with Crippen molar-refractivity contribution in [1.82, 2.24) is 5.43 Å². The number of hydrogen-bond acceptors (Lipinski definition) is 5. The van der Waals surface area contributed by atoms with E-state index in [1.54, 1.807) is 12.1 Å². The minimum absolute atomic E-state index is 0.323. The van der Waals surface area contributed by atoms with Gasteiger partial charge in [0, 0.05) is 5.69 Å². The van der Waals surface area contributed by atoms with Crippen LogP contribution >= 0.6 is 22.6 Å². The van der Waals surface area contributed by atoms with Gasteiger partial charge in [0.15, 0.2) is 11.5 Å². The Morgan fingerprint density at radius 1 is 1.10 bits per heavy atom. The van der Waals surface area contributed by atoms with Gasteiger partial charge in [0.1, 0.15) is 6.42 Å². The molecule has 0 aliphatic heterocycles. The maximum absolute atomic E-state index is 12.0. The molecule has 2 aromatic carbocycles. The van der Waals surface area contributed by atoms with Gasteiger partial charge in [-0.15, -0.1) is 0 Å². The molecule has 154 valence electrons. The van der Waals surface area contributed by atoms with Gasteiger partial charge in [-0.1, -0.05) is 18.2 Å². The molecule has 0 heterocycles. The SMILES string of the molecule is CCOc1cc(C=NNC(=O)CC(=O)Nc2ccccc2C)cc(I)c1OCC. The third kappa shape index (κ3) is 7.04. The molecule has 2 aromatic rings. The number of para-hydroxylation sites is 1. The van der Waals surface area contributed by atoms with E-state index in [9.17, 15) is 9.59 Å². The average Bonchev–Trinajstić information content (AvgIpc) is 2.66. The van der Waals surface area contributed by atoms with Crippen molar-refractivity contribution in [2.75, 3.05) is 18.5 Å². The fourth-order valence-corrected chi connectivity index (χ4v) is 3.26. The summed E-state index contributed by atoms with van der Waals surface area (Å²) in [6.45, 7) is 6.72. The molecule has 0 aliphatic rings. The lowest BCUT2D eigenvalue weighted by Gasteiger charge is -2.13. The Bertz CT molecular complexity index is 899. The second kappa shape index (κ2) is 11.4. The largest absolute Gasteiger partial charge is 0.490 e. The number of halogens is 1. The number of nitrogens with one attached hydrogen (secondary N) is 2. The van der Waals surface area contributed by atoms with Crippen LogP contribution in [-0.4, -0.2) is 31.2 Å². The van der Waals surface area contributed by atoms with Crippen molar-refractivity contribution < 1.29 is 19.1 Å². The van der Waals surface area contributed by atoms with Gasteiger partial charge >= 0.3 is 0 Å². The lowest BCUT2D eigenvalue weighted by atomic mass is 10.2. The number of hydrogen-bond donors (Lipinski definition) is 2. The van der Waals surface area contributed by atoms with E-state index in [0.29, 0.717) is 30.4 Å². The van der Waals surface area contributed by atoms with Gasteiger partial charge in [-0.25, -0.2) is 5.43 Å². The van der Waals surface area contributed by atoms with Gasteiger partial charge in [-0.05, 0) is 72.7 Å². The summed E-state index contributed by atoms with van der Waals surface area (Å²) in [7, 11) is 0. The first-order valence-electron chi connectivity index (χ1n) is 9.21. The molecule has 8 heteroatoms. The number of ether oxygens (including phenoxy) is 2. The fraction of sp³-hybridized carbons (Fsp3) is 0.286. The number of benzene rings is 2. The lowest BCUT2D eigenvalue weighted by Crippen LogP contribution is -2.24. The van der Waals surface area contributed by atoms with Crippen molar-refractivity contribution in [3.8, 4) is 11.5 Å². The Morgan fingerprint density at radius 3 is 2.52 bits per heavy atom. The molecule has 0 aliphatic carbocycles. The van der Waals surface area contributed by atoms with Crippen molar-refractivity contribution in [3.05, 3.63) is 51.1 Å². The van der Waals surface area contributed by atoms with Crippen molar-refractivity contribution >= 4 is 46.3 Å². The molecular formula is C21H24IN3O4. The quantitative estimate of drug-likeness (QED) is 0.233. The molecule has 0 radical (unpaired) electrons. The Balaban J connectivity index is 1.95. The Kier molecular flexibility index (Phi) is 8.91. The minimum Gasteiger partial charge on any atom is -0.490 e. The first-order valence-corrected chi connectivity index (χ1v) is 10.3. The van der Waals surface area contributed by atoms with Crippen LogP contribution in [0.25, 0.3) is 0 Å². The third-order valence-electron chi connectivity index (χ3n) is 3.76. The highest BCUT2D eigenvalue weighted by Gasteiger charge is 2.12. The van der Waals surface area contributed by atoms with E-state index < -0.39 is 11.8 Å². The highest BCUT2D eigenvalue weighted by atomic mass is 127. The number of nitrogens with zero attached hydrogens (tertiary/aromatic N) is 1. The van der Waals surface area contributed by atoms with Crippen LogP contribution in [0.3, 0.4) is 0 Å². The predicted octanol–water partition coefficient (Wildman–Crippen LogP) is 3.88. The Labute approximate surface area is 184 Å². The van der Waals surface area contributed by atoms with E-state index in [1.165, 1.54) is 6.21 Å². The summed E-state index contributed by atoms with van der Waals surface area (Å²) >= 11 is 2.16. The van der Waals surface area contributed by atoms with E-state index in [0.717, 1.165) is 14.7 Å². The number of aryl methyl sites for hydroxylation is 1. The molecule has 2 rings (SSSR count). The van der Waals surface area contributed by atoms with E-state index in [1.807, 2.05) is 45.0 Å². The molecule has 0 saturated carbocycles. The number of anilines is 1. The number of amides is 2. The second-order valence-corrected chi connectivity index (χ2v) is 7.19. The third-order valence-corrected chi connectivity index (χ3v) is 4.56. The maximum Gasteiger partial charge on any atom is 0.249 e. The topological polar surface area (TPSA) is 89.0 Å². The van der Waals surface area contributed by atoms with Gasteiger partial charge in [-0.2, -0.15) is 5.10 Å². The first kappa shape index (κ1) is 22.7. The maximum atomic E-state index is 12.0. The molecule has 0 unspecified atom stereocenters. The van der Waals surface area contributed by atoms with Crippen LogP contribution < -0.4 is 20.2 Å². The average molecular weight is 509 g/mol. The zero-order valence-electron chi connectivity index (χ0n) is 16.6. The minimum atomic E-state index is -0.502. The van der Waals surface area contributed by atoms with Crippen LogP contribution in [-0.2, 0) is 9.59 Å². The fourth-order valence-electron chi connectivity index (χ4n) is 2.48. The standard InChI is InChI=1S/C21H24IN3O4/c1-4-28-18-11-15(10-16(22)21(18)29-5-2)13-23-25-20(27)12-19(26)24-17-9-7-6-8-14(17)3/h6-11,13H,4-5,12H2,1-3H3,(H,24,26)(H,25,27). The number of carbonyl (C=O) groups excluding carboxylic acids is 2. The van der Waals surface area contributed by atoms with Gasteiger partial charge in [0.2, 0.25) is 11.8 Å². The van der Waals surface area contributed by atoms with E-state index in [2.05, 4.69) is 38.4 Å².